The standard InChI is InChI=1S/C28H40BrN5O2/c1-8-15-33(9-2)25(35)14-11-16-34(19(3)4)23-13-10-12-22-27(23)32(6)28(30-22)31-26-20(5)17-21(29)18-24(26)36-7/h10,12-13,17-19H,8-9,11,14-16H2,1-7H3,(H,30,31). The molecule has 0 aliphatic rings. The second kappa shape index (κ2) is 12.5. The molecule has 0 spiro atoms. The van der Waals surface area contributed by atoms with Crippen LogP contribution in [-0.2, 0) is 11.8 Å². The number of aryl methyl sites for hydroxylation is 2. The van der Waals surface area contributed by atoms with E-state index in [2.05, 4.69) is 69.7 Å². The monoisotopic (exact) mass is 557 g/mol. The Morgan fingerprint density at radius 2 is 1.97 bits per heavy atom. The Morgan fingerprint density at radius 1 is 1.22 bits per heavy atom. The number of ether oxygens (including phenoxy) is 1. The van der Waals surface area contributed by atoms with Crippen molar-refractivity contribution in [3.8, 4) is 5.75 Å². The number of benzene rings is 2. The summed E-state index contributed by atoms with van der Waals surface area (Å²) in [6, 6.07) is 10.5. The summed E-state index contributed by atoms with van der Waals surface area (Å²) in [5.41, 5.74) is 5.07. The number of hydrogen-bond acceptors (Lipinski definition) is 5. The minimum atomic E-state index is 0.243. The van der Waals surface area contributed by atoms with Crippen LogP contribution in [0.15, 0.2) is 34.8 Å². The largest absolute Gasteiger partial charge is 0.495 e. The average molecular weight is 559 g/mol. The first kappa shape index (κ1) is 27.8. The number of carbonyl (C=O) groups is 1. The fourth-order valence-corrected chi connectivity index (χ4v) is 5.23. The maximum atomic E-state index is 12.7. The summed E-state index contributed by atoms with van der Waals surface area (Å²) >= 11 is 3.55. The first-order valence-corrected chi connectivity index (χ1v) is 13.6. The van der Waals surface area contributed by atoms with Crippen LogP contribution in [0.4, 0.5) is 17.3 Å². The van der Waals surface area contributed by atoms with Gasteiger partial charge in [0.1, 0.15) is 5.75 Å². The molecule has 1 amide bonds. The highest BCUT2D eigenvalue weighted by molar-refractivity contribution is 9.10. The molecule has 0 unspecified atom stereocenters. The number of nitrogens with zero attached hydrogens (tertiary/aromatic N) is 4. The molecule has 8 heteroatoms. The van der Waals surface area contributed by atoms with Gasteiger partial charge in [0.05, 0.1) is 29.5 Å². The molecule has 0 fully saturated rings. The lowest BCUT2D eigenvalue weighted by atomic mass is 10.1. The Labute approximate surface area is 223 Å². The molecule has 36 heavy (non-hydrogen) atoms. The molecule has 1 N–H and O–H groups in total. The molecule has 0 aliphatic heterocycles. The zero-order valence-electron chi connectivity index (χ0n) is 22.7. The Bertz CT molecular complexity index is 1190. The van der Waals surface area contributed by atoms with Gasteiger partial charge in [-0.3, -0.25) is 4.79 Å². The van der Waals surface area contributed by atoms with E-state index in [0.29, 0.717) is 6.42 Å². The lowest BCUT2D eigenvalue weighted by molar-refractivity contribution is -0.131. The molecule has 0 aliphatic carbocycles. The number of aromatic nitrogens is 2. The number of halogens is 1. The summed E-state index contributed by atoms with van der Waals surface area (Å²) in [4.78, 5) is 21.9. The van der Waals surface area contributed by atoms with Crippen LogP contribution in [0.1, 0.15) is 52.5 Å². The molecule has 1 aromatic heterocycles. The van der Waals surface area contributed by atoms with E-state index in [9.17, 15) is 4.79 Å². The third-order valence-electron chi connectivity index (χ3n) is 6.54. The number of carbonyl (C=O) groups excluding carboxylic acids is 1. The molecule has 196 valence electrons. The van der Waals surface area contributed by atoms with Crippen LogP contribution < -0.4 is 15.0 Å². The summed E-state index contributed by atoms with van der Waals surface area (Å²) in [6.45, 7) is 13.0. The van der Waals surface area contributed by atoms with Crippen molar-refractivity contribution in [2.45, 2.75) is 59.9 Å². The van der Waals surface area contributed by atoms with E-state index < -0.39 is 0 Å². The molecule has 7 nitrogen and oxygen atoms in total. The molecular weight excluding hydrogens is 518 g/mol. The SMILES string of the molecule is CCCN(CC)C(=O)CCCN(c1cccc2nc(Nc3c(C)cc(Br)cc3OC)n(C)c12)C(C)C. The van der Waals surface area contributed by atoms with Crippen LogP contribution in [0, 0.1) is 6.92 Å². The smallest absolute Gasteiger partial charge is 0.222 e. The predicted molar refractivity (Wildman–Crippen MR) is 154 cm³/mol. The average Bonchev–Trinajstić information content (AvgIpc) is 3.16. The van der Waals surface area contributed by atoms with Crippen LogP contribution in [0.2, 0.25) is 0 Å². The summed E-state index contributed by atoms with van der Waals surface area (Å²) in [6.07, 6.45) is 2.36. The van der Waals surface area contributed by atoms with E-state index in [1.54, 1.807) is 7.11 Å². The van der Waals surface area contributed by atoms with E-state index in [-0.39, 0.29) is 11.9 Å². The summed E-state index contributed by atoms with van der Waals surface area (Å²) < 4.78 is 8.69. The number of methoxy groups -OCH3 is 1. The molecule has 0 saturated carbocycles. The minimum Gasteiger partial charge on any atom is -0.495 e. The Kier molecular flexibility index (Phi) is 9.65. The molecule has 0 bridgehead atoms. The van der Waals surface area contributed by atoms with Gasteiger partial charge in [-0.25, -0.2) is 4.98 Å². The van der Waals surface area contributed by atoms with Crippen LogP contribution in [0.3, 0.4) is 0 Å². The molecule has 1 heterocycles. The van der Waals surface area contributed by atoms with Gasteiger partial charge < -0.3 is 24.4 Å². The first-order chi connectivity index (χ1) is 17.2. The maximum absolute atomic E-state index is 12.7. The van der Waals surface area contributed by atoms with Crippen molar-refractivity contribution in [3.05, 3.63) is 40.4 Å². The molecular formula is C28H40BrN5O2. The zero-order valence-corrected chi connectivity index (χ0v) is 24.3. The zero-order chi connectivity index (χ0) is 26.4. The first-order valence-electron chi connectivity index (χ1n) is 12.8. The molecule has 3 rings (SSSR count). The highest BCUT2D eigenvalue weighted by Crippen LogP contribution is 2.36. The summed E-state index contributed by atoms with van der Waals surface area (Å²) in [5, 5.41) is 3.50. The Morgan fingerprint density at radius 3 is 2.61 bits per heavy atom. The Hall–Kier alpha value is -2.74. The van der Waals surface area contributed by atoms with E-state index in [1.807, 2.05) is 37.9 Å². The van der Waals surface area contributed by atoms with Crippen molar-refractivity contribution < 1.29 is 9.53 Å². The van der Waals surface area contributed by atoms with Gasteiger partial charge in [-0.05, 0) is 70.4 Å². The lowest BCUT2D eigenvalue weighted by Gasteiger charge is -2.30. The van der Waals surface area contributed by atoms with Gasteiger partial charge in [0.15, 0.2) is 0 Å². The van der Waals surface area contributed by atoms with Gasteiger partial charge in [0, 0.05) is 43.6 Å². The number of amides is 1. The minimum absolute atomic E-state index is 0.243. The van der Waals surface area contributed by atoms with Crippen molar-refractivity contribution in [2.24, 2.45) is 7.05 Å². The fourth-order valence-electron chi connectivity index (χ4n) is 4.68. The number of rotatable bonds is 12. The summed E-state index contributed by atoms with van der Waals surface area (Å²) in [5.74, 6) is 1.75. The molecule has 0 saturated heterocycles. The quantitative estimate of drug-likeness (QED) is 0.270. The Balaban J connectivity index is 1.89. The van der Waals surface area contributed by atoms with Crippen molar-refractivity contribution in [3.63, 3.8) is 0 Å². The van der Waals surface area contributed by atoms with Gasteiger partial charge in [-0.15, -0.1) is 0 Å². The molecule has 2 aromatic carbocycles. The molecule has 0 radical (unpaired) electrons. The van der Waals surface area contributed by atoms with Crippen molar-refractivity contribution >= 4 is 50.2 Å². The third-order valence-corrected chi connectivity index (χ3v) is 7.00. The van der Waals surface area contributed by atoms with Crippen LogP contribution in [-0.4, -0.2) is 53.1 Å². The van der Waals surface area contributed by atoms with Gasteiger partial charge >= 0.3 is 0 Å². The third kappa shape index (κ3) is 6.14. The van der Waals surface area contributed by atoms with E-state index in [1.165, 1.54) is 0 Å². The number of nitrogens with one attached hydrogen (secondary N) is 1. The van der Waals surface area contributed by atoms with Crippen LogP contribution >= 0.6 is 15.9 Å². The van der Waals surface area contributed by atoms with Crippen LogP contribution in [0.5, 0.6) is 5.75 Å². The topological polar surface area (TPSA) is 62.6 Å². The van der Waals surface area contributed by atoms with Gasteiger partial charge in [0.25, 0.3) is 0 Å². The maximum Gasteiger partial charge on any atom is 0.222 e. The molecule has 0 atom stereocenters. The number of hydrogen-bond donors (Lipinski definition) is 1. The highest BCUT2D eigenvalue weighted by atomic mass is 79.9. The van der Waals surface area contributed by atoms with E-state index >= 15 is 0 Å². The molecule has 3 aromatic rings. The predicted octanol–water partition coefficient (Wildman–Crippen LogP) is 6.65. The lowest BCUT2D eigenvalue weighted by Crippen LogP contribution is -2.34. The number of imidazole rings is 1. The van der Waals surface area contributed by atoms with Gasteiger partial charge in [-0.2, -0.15) is 0 Å². The number of fused-ring (bicyclic) bond motifs is 1. The summed E-state index contributed by atoms with van der Waals surface area (Å²) in [7, 11) is 3.71. The van der Waals surface area contributed by atoms with Gasteiger partial charge in [-0.1, -0.05) is 28.9 Å². The van der Waals surface area contributed by atoms with Crippen molar-refractivity contribution in [2.75, 3.05) is 37.0 Å². The fraction of sp³-hybridized carbons (Fsp3) is 0.500. The number of para-hydroxylation sites is 1. The highest BCUT2D eigenvalue weighted by Gasteiger charge is 2.20. The number of anilines is 3. The second-order valence-electron chi connectivity index (χ2n) is 9.43. The van der Waals surface area contributed by atoms with E-state index in [0.717, 1.165) is 76.6 Å². The van der Waals surface area contributed by atoms with Crippen LogP contribution in [0.25, 0.3) is 11.0 Å². The van der Waals surface area contributed by atoms with Crippen molar-refractivity contribution in [1.82, 2.24) is 14.5 Å². The van der Waals surface area contributed by atoms with Gasteiger partial charge in [0.2, 0.25) is 11.9 Å². The normalized spacial score (nSPS) is 11.2. The van der Waals surface area contributed by atoms with Crippen molar-refractivity contribution in [1.29, 1.82) is 0 Å². The van der Waals surface area contributed by atoms with E-state index in [4.69, 9.17) is 9.72 Å². The second-order valence-corrected chi connectivity index (χ2v) is 10.3.